The van der Waals surface area contributed by atoms with E-state index in [0.717, 1.165) is 12.0 Å². The van der Waals surface area contributed by atoms with Crippen molar-refractivity contribution in [3.05, 3.63) is 71.8 Å². The van der Waals surface area contributed by atoms with E-state index in [1.54, 1.807) is 16.7 Å². The molecule has 2 unspecified atom stereocenters. The Morgan fingerprint density at radius 1 is 1.00 bits per heavy atom. The Bertz CT molecular complexity index is 949. The van der Waals surface area contributed by atoms with Crippen LogP contribution in [0.4, 0.5) is 0 Å². The summed E-state index contributed by atoms with van der Waals surface area (Å²) in [5.74, 6) is -0.387. The Labute approximate surface area is 158 Å². The van der Waals surface area contributed by atoms with Gasteiger partial charge in [-0.15, -0.1) is 0 Å². The lowest BCUT2D eigenvalue weighted by Gasteiger charge is -2.13. The monoisotopic (exact) mass is 364 g/mol. The highest BCUT2D eigenvalue weighted by Crippen LogP contribution is 2.16. The van der Waals surface area contributed by atoms with Gasteiger partial charge in [-0.3, -0.25) is 14.0 Å². The Morgan fingerprint density at radius 3 is 2.41 bits per heavy atom. The molecule has 0 saturated heterocycles. The molecular weight excluding hydrogens is 340 g/mol. The third-order valence-electron chi connectivity index (χ3n) is 4.60. The molecule has 2 atom stereocenters. The molecule has 1 aromatic carbocycles. The van der Waals surface area contributed by atoms with Crippen LogP contribution in [0.25, 0.3) is 5.52 Å². The molecule has 2 aromatic heterocycles. The number of imidazole rings is 1. The van der Waals surface area contributed by atoms with Crippen molar-refractivity contribution < 1.29 is 9.59 Å². The van der Waals surface area contributed by atoms with E-state index in [9.17, 15) is 9.59 Å². The van der Waals surface area contributed by atoms with E-state index in [1.807, 2.05) is 63.2 Å². The number of hydrogen-bond donors (Lipinski definition) is 2. The number of nitrogens with one attached hydrogen (secondary N) is 2. The van der Waals surface area contributed by atoms with Crippen LogP contribution in [0.15, 0.2) is 54.7 Å². The summed E-state index contributed by atoms with van der Waals surface area (Å²) in [5, 5.41) is 5.87. The maximum atomic E-state index is 12.8. The number of carbonyl (C=O) groups is 2. The lowest BCUT2D eigenvalue weighted by molar-refractivity contribution is 0.0928. The molecule has 6 nitrogen and oxygen atoms in total. The Balaban J connectivity index is 1.90. The summed E-state index contributed by atoms with van der Waals surface area (Å²) in [6.07, 6.45) is 2.56. The summed E-state index contributed by atoms with van der Waals surface area (Å²) in [6.45, 7) is 5.85. The number of rotatable bonds is 6. The average molecular weight is 364 g/mol. The van der Waals surface area contributed by atoms with Gasteiger partial charge in [0.05, 0.1) is 11.6 Å². The quantitative estimate of drug-likeness (QED) is 0.704. The summed E-state index contributed by atoms with van der Waals surface area (Å²) in [6, 6.07) is 15.0. The molecular formula is C21H24N4O2. The van der Waals surface area contributed by atoms with Crippen LogP contribution in [0.2, 0.25) is 0 Å². The van der Waals surface area contributed by atoms with Crippen LogP contribution < -0.4 is 10.6 Å². The minimum atomic E-state index is -0.308. The summed E-state index contributed by atoms with van der Waals surface area (Å²) in [5.41, 5.74) is 1.85. The SMILES string of the molecule is CCC(C)NC(=O)c1nc(C(=O)NC(C)c2ccccc2)c2ccccn12. The van der Waals surface area contributed by atoms with Gasteiger partial charge in [-0.1, -0.05) is 43.3 Å². The number of amides is 2. The van der Waals surface area contributed by atoms with Gasteiger partial charge in [-0.05, 0) is 38.0 Å². The van der Waals surface area contributed by atoms with Gasteiger partial charge in [0, 0.05) is 12.2 Å². The second kappa shape index (κ2) is 8.03. The van der Waals surface area contributed by atoms with Gasteiger partial charge in [0.2, 0.25) is 5.82 Å². The van der Waals surface area contributed by atoms with E-state index < -0.39 is 0 Å². The number of nitrogens with zero attached hydrogens (tertiary/aromatic N) is 2. The van der Waals surface area contributed by atoms with Gasteiger partial charge in [-0.2, -0.15) is 0 Å². The molecule has 2 heterocycles. The molecule has 0 bridgehead atoms. The second-order valence-electron chi connectivity index (χ2n) is 6.63. The van der Waals surface area contributed by atoms with Crippen LogP contribution in [0.1, 0.15) is 59.9 Å². The summed E-state index contributed by atoms with van der Waals surface area (Å²) < 4.78 is 1.65. The molecule has 0 radical (unpaired) electrons. The Hall–Kier alpha value is -3.15. The van der Waals surface area contributed by atoms with Crippen LogP contribution >= 0.6 is 0 Å². The minimum absolute atomic E-state index is 0.0314. The topological polar surface area (TPSA) is 75.5 Å². The van der Waals surface area contributed by atoms with Crippen molar-refractivity contribution in [3.8, 4) is 0 Å². The normalized spacial score (nSPS) is 13.1. The van der Waals surface area contributed by atoms with E-state index in [-0.39, 0.29) is 35.4 Å². The van der Waals surface area contributed by atoms with Crippen molar-refractivity contribution in [1.82, 2.24) is 20.0 Å². The summed E-state index contributed by atoms with van der Waals surface area (Å²) in [4.78, 5) is 29.8. The van der Waals surface area contributed by atoms with Gasteiger partial charge >= 0.3 is 0 Å². The summed E-state index contributed by atoms with van der Waals surface area (Å²) >= 11 is 0. The van der Waals surface area contributed by atoms with E-state index in [0.29, 0.717) is 5.52 Å². The van der Waals surface area contributed by atoms with E-state index in [4.69, 9.17) is 0 Å². The maximum absolute atomic E-state index is 12.8. The van der Waals surface area contributed by atoms with Crippen LogP contribution in [0.3, 0.4) is 0 Å². The fraction of sp³-hybridized carbons (Fsp3) is 0.286. The number of carbonyl (C=O) groups excluding carboxylic acids is 2. The molecule has 0 fully saturated rings. The molecule has 0 aliphatic heterocycles. The molecule has 140 valence electrons. The van der Waals surface area contributed by atoms with Crippen molar-refractivity contribution >= 4 is 17.3 Å². The fourth-order valence-electron chi connectivity index (χ4n) is 2.85. The number of hydrogen-bond acceptors (Lipinski definition) is 3. The predicted molar refractivity (Wildman–Crippen MR) is 105 cm³/mol. The highest BCUT2D eigenvalue weighted by molar-refractivity contribution is 6.02. The number of aromatic nitrogens is 2. The molecule has 0 aliphatic carbocycles. The maximum Gasteiger partial charge on any atom is 0.287 e. The number of benzene rings is 1. The molecule has 2 N–H and O–H groups in total. The zero-order valence-corrected chi connectivity index (χ0v) is 15.8. The van der Waals surface area contributed by atoms with Gasteiger partial charge in [0.1, 0.15) is 0 Å². The second-order valence-corrected chi connectivity index (χ2v) is 6.63. The average Bonchev–Trinajstić information content (AvgIpc) is 3.08. The van der Waals surface area contributed by atoms with Crippen molar-refractivity contribution in [1.29, 1.82) is 0 Å². The largest absolute Gasteiger partial charge is 0.347 e. The highest BCUT2D eigenvalue weighted by Gasteiger charge is 2.23. The van der Waals surface area contributed by atoms with Gasteiger partial charge in [0.15, 0.2) is 5.69 Å². The van der Waals surface area contributed by atoms with Crippen LogP contribution in [0.5, 0.6) is 0 Å². The first-order valence-electron chi connectivity index (χ1n) is 9.15. The zero-order chi connectivity index (χ0) is 19.4. The first-order valence-corrected chi connectivity index (χ1v) is 9.15. The fourth-order valence-corrected chi connectivity index (χ4v) is 2.85. The third-order valence-corrected chi connectivity index (χ3v) is 4.60. The number of fused-ring (bicyclic) bond motifs is 1. The standard InChI is InChI=1S/C21H24N4O2/c1-4-14(2)22-21(27)19-24-18(17-12-8-9-13-25(17)19)20(26)23-15(3)16-10-6-5-7-11-16/h5-15H,4H2,1-3H3,(H,22,27)(H,23,26). The molecule has 3 rings (SSSR count). The van der Waals surface area contributed by atoms with E-state index >= 15 is 0 Å². The van der Waals surface area contributed by atoms with Crippen LogP contribution in [0, 0.1) is 0 Å². The predicted octanol–water partition coefficient (Wildman–Crippen LogP) is 3.35. The molecule has 0 aliphatic rings. The molecule has 2 amide bonds. The van der Waals surface area contributed by atoms with Crippen LogP contribution in [-0.2, 0) is 0 Å². The van der Waals surface area contributed by atoms with E-state index in [1.165, 1.54) is 0 Å². The highest BCUT2D eigenvalue weighted by atomic mass is 16.2. The van der Waals surface area contributed by atoms with Crippen molar-refractivity contribution in [2.24, 2.45) is 0 Å². The Morgan fingerprint density at radius 2 is 1.70 bits per heavy atom. The first kappa shape index (κ1) is 18.6. The van der Waals surface area contributed by atoms with Gasteiger partial charge in [-0.25, -0.2) is 4.98 Å². The third kappa shape index (κ3) is 4.00. The zero-order valence-electron chi connectivity index (χ0n) is 15.8. The minimum Gasteiger partial charge on any atom is -0.347 e. The molecule has 27 heavy (non-hydrogen) atoms. The molecule has 3 aromatic rings. The van der Waals surface area contributed by atoms with Crippen molar-refractivity contribution in [2.45, 2.75) is 39.3 Å². The molecule has 0 spiro atoms. The first-order chi connectivity index (χ1) is 13.0. The van der Waals surface area contributed by atoms with Gasteiger partial charge in [0.25, 0.3) is 11.8 Å². The van der Waals surface area contributed by atoms with Crippen molar-refractivity contribution in [2.75, 3.05) is 0 Å². The number of pyridine rings is 1. The van der Waals surface area contributed by atoms with Crippen LogP contribution in [-0.4, -0.2) is 27.2 Å². The smallest absolute Gasteiger partial charge is 0.287 e. The molecule has 6 heteroatoms. The van der Waals surface area contributed by atoms with Gasteiger partial charge < -0.3 is 10.6 Å². The molecule has 0 saturated carbocycles. The lowest BCUT2D eigenvalue weighted by Crippen LogP contribution is -2.33. The van der Waals surface area contributed by atoms with E-state index in [2.05, 4.69) is 15.6 Å². The Kier molecular flexibility index (Phi) is 5.54. The van der Waals surface area contributed by atoms with Crippen molar-refractivity contribution in [3.63, 3.8) is 0 Å². The summed E-state index contributed by atoms with van der Waals surface area (Å²) in [7, 11) is 0. The lowest BCUT2D eigenvalue weighted by atomic mass is 10.1.